The minimum absolute atomic E-state index is 0.157. The molecule has 8 atom stereocenters. The van der Waals surface area contributed by atoms with Gasteiger partial charge in [-0.1, -0.05) is 24.3 Å². The molecular weight excluding hydrogens is 518 g/mol. The summed E-state index contributed by atoms with van der Waals surface area (Å²) in [4.78, 5) is 68.2. The van der Waals surface area contributed by atoms with Gasteiger partial charge in [0.1, 0.15) is 5.75 Å². The standard InChI is InChI=1S/C29H27N3O8/c1-32(2)22-21-24(35)18-15(10-12-6-8-13(11-30)9-7-12)14-4-3-5-16(33)17(14)23(34)19(18)26(37)29(21,40)27(38)20(25(22)36)28(31)39/h3-9,15,18-22,24,33,35,40H,10H2,1-2H3,(H2,31,39). The lowest BCUT2D eigenvalue weighted by molar-refractivity contribution is -0.197. The van der Waals surface area contributed by atoms with Crippen LogP contribution in [-0.2, 0) is 25.6 Å². The van der Waals surface area contributed by atoms with Gasteiger partial charge in [-0.05, 0) is 55.8 Å². The Balaban J connectivity index is 1.72. The van der Waals surface area contributed by atoms with Gasteiger partial charge in [-0.15, -0.1) is 0 Å². The highest BCUT2D eigenvalue weighted by Crippen LogP contribution is 2.55. The monoisotopic (exact) mass is 545 g/mol. The van der Waals surface area contributed by atoms with Crippen LogP contribution in [0.3, 0.4) is 0 Å². The summed E-state index contributed by atoms with van der Waals surface area (Å²) in [6.07, 6.45) is -1.57. The molecule has 0 spiro atoms. The fraction of sp³-hybridized carbons (Fsp3) is 0.379. The summed E-state index contributed by atoms with van der Waals surface area (Å²) in [5, 5.41) is 43.5. The zero-order chi connectivity index (χ0) is 29.3. The highest BCUT2D eigenvalue weighted by Gasteiger charge is 2.73. The number of aliphatic hydroxyl groups excluding tert-OH is 1. The molecule has 0 radical (unpaired) electrons. The number of likely N-dealkylation sites (N-methyl/N-ethyl adjacent to an activating group) is 1. The van der Waals surface area contributed by atoms with E-state index in [0.717, 1.165) is 0 Å². The van der Waals surface area contributed by atoms with E-state index in [9.17, 15) is 39.3 Å². The van der Waals surface area contributed by atoms with Crippen LogP contribution < -0.4 is 5.73 Å². The summed E-state index contributed by atoms with van der Waals surface area (Å²) in [5.74, 6) is -13.9. The Bertz CT molecular complexity index is 1510. The number of benzene rings is 2. The lowest BCUT2D eigenvalue weighted by Crippen LogP contribution is -2.77. The van der Waals surface area contributed by atoms with Crippen LogP contribution in [0.1, 0.15) is 33.0 Å². The second-order valence-corrected chi connectivity index (χ2v) is 10.9. The predicted octanol–water partition coefficient (Wildman–Crippen LogP) is -0.507. The minimum atomic E-state index is -3.06. The van der Waals surface area contributed by atoms with E-state index in [1.54, 1.807) is 30.3 Å². The number of ketones is 4. The molecule has 0 heterocycles. The highest BCUT2D eigenvalue weighted by molar-refractivity contribution is 6.32. The molecule has 0 aromatic heterocycles. The molecule has 5 N–H and O–H groups in total. The SMILES string of the molecule is CN(C)C1C(=O)C(C(N)=O)C(=O)C2(O)C(=O)C3C(=O)c4c(O)cccc4C(Cc4ccc(C#N)cc4)C3C(O)C12. The molecule has 0 saturated heterocycles. The van der Waals surface area contributed by atoms with Gasteiger partial charge in [0.15, 0.2) is 34.7 Å². The third-order valence-electron chi connectivity index (χ3n) is 8.69. The maximum atomic E-state index is 14.1. The van der Waals surface area contributed by atoms with Crippen molar-refractivity contribution in [2.75, 3.05) is 14.1 Å². The summed E-state index contributed by atoms with van der Waals surface area (Å²) in [6.45, 7) is 0. The maximum absolute atomic E-state index is 14.1. The number of phenolic OH excluding ortho intramolecular Hbond substituents is 1. The number of amides is 1. The van der Waals surface area contributed by atoms with Crippen LogP contribution in [0.2, 0.25) is 0 Å². The Morgan fingerprint density at radius 3 is 2.30 bits per heavy atom. The van der Waals surface area contributed by atoms with Gasteiger partial charge < -0.3 is 21.1 Å². The van der Waals surface area contributed by atoms with Crippen molar-refractivity contribution in [2.45, 2.75) is 30.1 Å². The molecule has 2 fully saturated rings. The number of hydrogen-bond donors (Lipinski definition) is 4. The van der Waals surface area contributed by atoms with Gasteiger partial charge in [-0.25, -0.2) is 0 Å². The molecule has 8 unspecified atom stereocenters. The number of nitrogens with zero attached hydrogens (tertiary/aromatic N) is 2. The van der Waals surface area contributed by atoms with Crippen molar-refractivity contribution in [3.05, 3.63) is 64.7 Å². The summed E-state index contributed by atoms with van der Waals surface area (Å²) < 4.78 is 0. The number of rotatable bonds is 4. The number of fused-ring (bicyclic) bond motifs is 3. The molecular formula is C29H27N3O8. The van der Waals surface area contributed by atoms with Crippen LogP contribution in [0.15, 0.2) is 42.5 Å². The fourth-order valence-corrected chi connectivity index (χ4v) is 6.98. The van der Waals surface area contributed by atoms with Crippen molar-refractivity contribution in [1.29, 1.82) is 5.26 Å². The zero-order valence-corrected chi connectivity index (χ0v) is 21.6. The average Bonchev–Trinajstić information content (AvgIpc) is 2.90. The Morgan fingerprint density at radius 2 is 1.73 bits per heavy atom. The number of nitriles is 1. The van der Waals surface area contributed by atoms with Crippen molar-refractivity contribution in [3.63, 3.8) is 0 Å². The second kappa shape index (κ2) is 9.45. The first kappa shape index (κ1) is 27.3. The lowest BCUT2D eigenvalue weighted by atomic mass is 9.49. The molecule has 1 amide bonds. The molecule has 40 heavy (non-hydrogen) atoms. The number of aromatic hydroxyl groups is 1. The normalized spacial score (nSPS) is 33.1. The largest absolute Gasteiger partial charge is 0.507 e. The third-order valence-corrected chi connectivity index (χ3v) is 8.69. The maximum Gasteiger partial charge on any atom is 0.235 e. The molecule has 206 valence electrons. The third kappa shape index (κ3) is 3.64. The number of phenols is 1. The van der Waals surface area contributed by atoms with E-state index in [0.29, 0.717) is 16.7 Å². The van der Waals surface area contributed by atoms with Crippen LogP contribution in [-0.4, -0.2) is 81.1 Å². The second-order valence-electron chi connectivity index (χ2n) is 10.9. The lowest BCUT2D eigenvalue weighted by Gasteiger charge is -2.56. The highest BCUT2D eigenvalue weighted by atomic mass is 16.3. The Labute approximate surface area is 228 Å². The molecule has 0 aliphatic heterocycles. The van der Waals surface area contributed by atoms with Crippen molar-refractivity contribution < 1.29 is 39.3 Å². The van der Waals surface area contributed by atoms with Crippen LogP contribution >= 0.6 is 0 Å². The van der Waals surface area contributed by atoms with Gasteiger partial charge >= 0.3 is 0 Å². The number of primary amides is 1. The van der Waals surface area contributed by atoms with Crippen molar-refractivity contribution in [3.8, 4) is 11.8 Å². The van der Waals surface area contributed by atoms with Gasteiger partial charge in [-0.3, -0.25) is 28.9 Å². The van der Waals surface area contributed by atoms with E-state index in [4.69, 9.17) is 11.0 Å². The average molecular weight is 546 g/mol. The number of aliphatic hydroxyl groups is 2. The van der Waals surface area contributed by atoms with E-state index in [1.165, 1.54) is 31.1 Å². The first-order valence-electron chi connectivity index (χ1n) is 12.7. The minimum Gasteiger partial charge on any atom is -0.507 e. The Kier molecular flexibility index (Phi) is 6.45. The number of nitrogens with two attached hydrogens (primary N) is 1. The van der Waals surface area contributed by atoms with Gasteiger partial charge in [0.05, 0.1) is 41.2 Å². The van der Waals surface area contributed by atoms with Crippen LogP contribution in [0.5, 0.6) is 5.75 Å². The van der Waals surface area contributed by atoms with E-state index in [-0.39, 0.29) is 12.0 Å². The number of carbonyl (C=O) groups is 5. The summed E-state index contributed by atoms with van der Waals surface area (Å²) >= 11 is 0. The predicted molar refractivity (Wildman–Crippen MR) is 137 cm³/mol. The fourth-order valence-electron chi connectivity index (χ4n) is 6.98. The van der Waals surface area contributed by atoms with Gasteiger partial charge in [0, 0.05) is 5.92 Å². The van der Waals surface area contributed by atoms with Crippen molar-refractivity contribution >= 4 is 29.0 Å². The molecule has 3 aliphatic carbocycles. The van der Waals surface area contributed by atoms with E-state index in [1.807, 2.05) is 6.07 Å². The zero-order valence-electron chi connectivity index (χ0n) is 21.6. The molecule has 0 bridgehead atoms. The molecule has 11 nitrogen and oxygen atoms in total. The molecule has 2 aromatic rings. The first-order chi connectivity index (χ1) is 18.9. The summed E-state index contributed by atoms with van der Waals surface area (Å²) in [7, 11) is 2.88. The van der Waals surface area contributed by atoms with Gasteiger partial charge in [0.2, 0.25) is 5.91 Å². The number of hydrogen-bond acceptors (Lipinski definition) is 10. The van der Waals surface area contributed by atoms with Crippen molar-refractivity contribution in [2.24, 2.45) is 29.4 Å². The van der Waals surface area contributed by atoms with Gasteiger partial charge in [0.25, 0.3) is 0 Å². The van der Waals surface area contributed by atoms with E-state index >= 15 is 0 Å². The van der Waals surface area contributed by atoms with Crippen LogP contribution in [0.25, 0.3) is 0 Å². The smallest absolute Gasteiger partial charge is 0.235 e. The van der Waals surface area contributed by atoms with Crippen LogP contribution in [0, 0.1) is 35.0 Å². The Morgan fingerprint density at radius 1 is 1.07 bits per heavy atom. The van der Waals surface area contributed by atoms with Gasteiger partial charge in [-0.2, -0.15) is 5.26 Å². The topological polar surface area (TPSA) is 199 Å². The summed E-state index contributed by atoms with van der Waals surface area (Å²) in [5.41, 5.74) is 3.58. The number of Topliss-reactive ketones (excluding diaryl/α,β-unsaturated/α-hetero) is 4. The molecule has 3 aliphatic rings. The molecule has 11 heteroatoms. The molecule has 2 saturated carbocycles. The van der Waals surface area contributed by atoms with E-state index < -0.39 is 82.1 Å². The number of carbonyl (C=O) groups excluding carboxylic acids is 5. The molecule has 5 rings (SSSR count). The van der Waals surface area contributed by atoms with Crippen LogP contribution in [0.4, 0.5) is 0 Å². The van der Waals surface area contributed by atoms with E-state index in [2.05, 4.69) is 0 Å². The summed E-state index contributed by atoms with van der Waals surface area (Å²) in [6, 6.07) is 11.5. The Hall–Kier alpha value is -4.24. The first-order valence-corrected chi connectivity index (χ1v) is 12.7. The van der Waals surface area contributed by atoms with Crippen molar-refractivity contribution in [1.82, 2.24) is 4.90 Å². The molecule has 2 aromatic carbocycles. The quantitative estimate of drug-likeness (QED) is 0.363.